The van der Waals surface area contributed by atoms with Gasteiger partial charge in [-0.2, -0.15) is 0 Å². The Hall–Kier alpha value is -1.74. The van der Waals surface area contributed by atoms with Crippen LogP contribution in [0.4, 0.5) is 4.39 Å². The summed E-state index contributed by atoms with van der Waals surface area (Å²) in [6, 6.07) is 4.64. The average Bonchev–Trinajstić information content (AvgIpc) is 3.46. The minimum absolute atomic E-state index is 0.0766. The third-order valence-electron chi connectivity index (χ3n) is 5.79. The Morgan fingerprint density at radius 2 is 1.71 bits per heavy atom. The highest BCUT2D eigenvalue weighted by atomic mass is 35.5. The quantitative estimate of drug-likeness (QED) is 0.666. The SMILES string of the molecule is O=C(C1NCC(c2ccc(Cl)cc2F)CN1)N1CCN(C(=O)C2(O)CC2)CC1. The Bertz CT molecular complexity index is 772. The van der Waals surface area contributed by atoms with E-state index in [4.69, 9.17) is 11.6 Å². The number of nitrogens with one attached hydrogen (secondary N) is 2. The van der Waals surface area contributed by atoms with Crippen molar-refractivity contribution in [3.05, 3.63) is 34.6 Å². The number of rotatable bonds is 3. The average molecular weight is 411 g/mol. The predicted molar refractivity (Wildman–Crippen MR) is 101 cm³/mol. The fraction of sp³-hybridized carbons (Fsp3) is 0.579. The van der Waals surface area contributed by atoms with Crippen molar-refractivity contribution in [2.45, 2.75) is 30.5 Å². The van der Waals surface area contributed by atoms with Gasteiger partial charge < -0.3 is 14.9 Å². The first-order valence-corrected chi connectivity index (χ1v) is 9.97. The third-order valence-corrected chi connectivity index (χ3v) is 6.02. The molecular formula is C19H24ClFN4O3. The molecule has 0 radical (unpaired) electrons. The van der Waals surface area contributed by atoms with Crippen molar-refractivity contribution in [2.75, 3.05) is 39.3 Å². The molecule has 3 fully saturated rings. The molecule has 0 spiro atoms. The van der Waals surface area contributed by atoms with Crippen LogP contribution in [0.2, 0.25) is 5.02 Å². The highest BCUT2D eigenvalue weighted by Gasteiger charge is 2.50. The highest BCUT2D eigenvalue weighted by Crippen LogP contribution is 2.37. The lowest BCUT2D eigenvalue weighted by atomic mass is 9.96. The molecule has 2 heterocycles. The van der Waals surface area contributed by atoms with Crippen LogP contribution in [0.25, 0.3) is 0 Å². The summed E-state index contributed by atoms with van der Waals surface area (Å²) in [7, 11) is 0. The first-order chi connectivity index (χ1) is 13.4. The third kappa shape index (κ3) is 3.87. The maximum Gasteiger partial charge on any atom is 0.254 e. The van der Waals surface area contributed by atoms with Crippen LogP contribution in [0.5, 0.6) is 0 Å². The van der Waals surface area contributed by atoms with Crippen molar-refractivity contribution in [2.24, 2.45) is 0 Å². The van der Waals surface area contributed by atoms with Crippen LogP contribution in [-0.4, -0.2) is 77.8 Å². The fourth-order valence-electron chi connectivity index (χ4n) is 3.83. The first kappa shape index (κ1) is 19.6. The number of aliphatic hydroxyl groups is 1. The topological polar surface area (TPSA) is 84.9 Å². The van der Waals surface area contributed by atoms with Crippen LogP contribution in [0.3, 0.4) is 0 Å². The highest BCUT2D eigenvalue weighted by molar-refractivity contribution is 6.30. The molecule has 28 heavy (non-hydrogen) atoms. The van der Waals surface area contributed by atoms with E-state index in [1.54, 1.807) is 21.9 Å². The zero-order valence-electron chi connectivity index (χ0n) is 15.5. The van der Waals surface area contributed by atoms with Gasteiger partial charge in [0, 0.05) is 50.2 Å². The van der Waals surface area contributed by atoms with E-state index in [1.165, 1.54) is 6.07 Å². The van der Waals surface area contributed by atoms with Crippen LogP contribution in [0.15, 0.2) is 18.2 Å². The largest absolute Gasteiger partial charge is 0.380 e. The van der Waals surface area contributed by atoms with E-state index in [0.29, 0.717) is 62.7 Å². The maximum atomic E-state index is 14.1. The molecule has 1 aromatic rings. The van der Waals surface area contributed by atoms with Gasteiger partial charge in [0.05, 0.1) is 0 Å². The first-order valence-electron chi connectivity index (χ1n) is 9.60. The predicted octanol–water partition coefficient (Wildman–Crippen LogP) is 0.277. The summed E-state index contributed by atoms with van der Waals surface area (Å²) in [4.78, 5) is 28.3. The molecular weight excluding hydrogens is 387 g/mol. The number of piperazine rings is 1. The molecule has 1 aromatic carbocycles. The summed E-state index contributed by atoms with van der Waals surface area (Å²) >= 11 is 5.80. The number of nitrogens with zero attached hydrogens (tertiary/aromatic N) is 2. The van der Waals surface area contributed by atoms with Crippen LogP contribution >= 0.6 is 11.6 Å². The zero-order valence-corrected chi connectivity index (χ0v) is 16.2. The van der Waals surface area contributed by atoms with Gasteiger partial charge in [-0.1, -0.05) is 17.7 Å². The second-order valence-corrected chi connectivity index (χ2v) is 8.20. The number of carbonyl (C=O) groups excluding carboxylic acids is 2. The van der Waals surface area contributed by atoms with Gasteiger partial charge in [0.15, 0.2) is 0 Å². The van der Waals surface area contributed by atoms with Crippen LogP contribution in [0, 0.1) is 5.82 Å². The van der Waals surface area contributed by atoms with Gasteiger partial charge in [0.2, 0.25) is 0 Å². The van der Waals surface area contributed by atoms with Gasteiger partial charge >= 0.3 is 0 Å². The molecule has 7 nitrogen and oxygen atoms in total. The molecule has 3 N–H and O–H groups in total. The van der Waals surface area contributed by atoms with Gasteiger partial charge in [-0.05, 0) is 30.5 Å². The molecule has 0 bridgehead atoms. The summed E-state index contributed by atoms with van der Waals surface area (Å²) in [5.41, 5.74) is -0.592. The Labute approximate surface area is 167 Å². The number of carbonyl (C=O) groups is 2. The molecule has 0 aromatic heterocycles. The molecule has 0 atom stereocenters. The Morgan fingerprint density at radius 1 is 1.11 bits per heavy atom. The fourth-order valence-corrected chi connectivity index (χ4v) is 3.99. The molecule has 3 aliphatic rings. The minimum atomic E-state index is -1.16. The summed E-state index contributed by atoms with van der Waals surface area (Å²) in [6.07, 6.45) is 0.522. The minimum Gasteiger partial charge on any atom is -0.380 e. The molecule has 4 rings (SSSR count). The Kier molecular flexibility index (Phi) is 5.30. The van der Waals surface area contributed by atoms with E-state index in [2.05, 4.69) is 10.6 Å². The Balaban J connectivity index is 1.28. The van der Waals surface area contributed by atoms with Crippen molar-refractivity contribution in [1.29, 1.82) is 0 Å². The van der Waals surface area contributed by atoms with Crippen LogP contribution in [-0.2, 0) is 9.59 Å². The standard InChI is InChI=1S/C19H24ClFN4O3/c20-13-1-2-14(15(21)9-13)12-10-22-16(23-11-12)17(26)24-5-7-25(8-6-24)18(27)19(28)3-4-19/h1-2,9,12,16,22-23,28H,3-8,10-11H2. The van der Waals surface area contributed by atoms with Gasteiger partial charge in [0.1, 0.15) is 17.6 Å². The monoisotopic (exact) mass is 410 g/mol. The number of benzene rings is 1. The van der Waals surface area contributed by atoms with E-state index in [-0.39, 0.29) is 23.5 Å². The van der Waals surface area contributed by atoms with Crippen molar-refractivity contribution in [1.82, 2.24) is 20.4 Å². The van der Waals surface area contributed by atoms with Crippen molar-refractivity contribution in [3.63, 3.8) is 0 Å². The van der Waals surface area contributed by atoms with Crippen molar-refractivity contribution in [3.8, 4) is 0 Å². The van der Waals surface area contributed by atoms with Crippen LogP contribution in [0.1, 0.15) is 24.3 Å². The summed E-state index contributed by atoms with van der Waals surface area (Å²) in [6.45, 7) is 2.70. The second-order valence-electron chi connectivity index (χ2n) is 7.76. The molecule has 1 saturated carbocycles. The Morgan fingerprint density at radius 3 is 2.29 bits per heavy atom. The molecule has 1 aliphatic carbocycles. The summed E-state index contributed by atoms with van der Waals surface area (Å²) in [5, 5.41) is 16.6. The van der Waals surface area contributed by atoms with E-state index < -0.39 is 11.8 Å². The maximum absolute atomic E-state index is 14.1. The molecule has 2 saturated heterocycles. The number of hydrogen-bond donors (Lipinski definition) is 3. The van der Waals surface area contributed by atoms with E-state index in [9.17, 15) is 19.1 Å². The van der Waals surface area contributed by atoms with E-state index in [1.807, 2.05) is 0 Å². The number of hydrogen-bond acceptors (Lipinski definition) is 5. The lowest BCUT2D eigenvalue weighted by Crippen LogP contribution is -2.62. The van der Waals surface area contributed by atoms with Gasteiger partial charge in [-0.15, -0.1) is 0 Å². The van der Waals surface area contributed by atoms with Crippen LogP contribution < -0.4 is 10.6 Å². The summed E-state index contributed by atoms with van der Waals surface area (Å²) < 4.78 is 14.1. The molecule has 0 unspecified atom stereocenters. The van der Waals surface area contributed by atoms with E-state index >= 15 is 0 Å². The van der Waals surface area contributed by atoms with E-state index in [0.717, 1.165) is 0 Å². The molecule has 2 aliphatic heterocycles. The van der Waals surface area contributed by atoms with Gasteiger partial charge in [-0.3, -0.25) is 20.2 Å². The van der Waals surface area contributed by atoms with Crippen molar-refractivity contribution >= 4 is 23.4 Å². The van der Waals surface area contributed by atoms with Gasteiger partial charge in [0.25, 0.3) is 11.8 Å². The normalized spacial score (nSPS) is 26.8. The number of amides is 2. The zero-order chi connectivity index (χ0) is 19.9. The summed E-state index contributed by atoms with van der Waals surface area (Å²) in [5.74, 6) is -0.729. The van der Waals surface area contributed by atoms with Gasteiger partial charge in [-0.25, -0.2) is 4.39 Å². The second kappa shape index (κ2) is 7.59. The van der Waals surface area contributed by atoms with Crippen molar-refractivity contribution < 1.29 is 19.1 Å². The molecule has 9 heteroatoms. The lowest BCUT2D eigenvalue weighted by Gasteiger charge is -2.39. The number of halogens is 2. The molecule has 152 valence electrons. The smallest absolute Gasteiger partial charge is 0.254 e. The lowest BCUT2D eigenvalue weighted by molar-refractivity contribution is -0.148. The molecule has 2 amide bonds.